The van der Waals surface area contributed by atoms with E-state index in [0.717, 1.165) is 47.2 Å². The molecule has 1 atom stereocenters. The Hall–Kier alpha value is -4.57. The molecule has 0 aromatic heterocycles. The summed E-state index contributed by atoms with van der Waals surface area (Å²) in [7, 11) is -4.46. The van der Waals surface area contributed by atoms with Gasteiger partial charge in [0.15, 0.2) is 0 Å². The highest BCUT2D eigenvalue weighted by atomic mass is 32.2. The third-order valence-electron chi connectivity index (χ3n) is 8.28. The van der Waals surface area contributed by atoms with Crippen LogP contribution < -0.4 is 9.62 Å². The lowest BCUT2D eigenvalue weighted by molar-refractivity contribution is -0.140. The van der Waals surface area contributed by atoms with E-state index in [-0.39, 0.29) is 35.2 Å². The third kappa shape index (κ3) is 7.80. The molecule has 1 aliphatic rings. The minimum absolute atomic E-state index is 0.0620. The number of carbonyl (C=O) groups is 2. The lowest BCUT2D eigenvalue weighted by atomic mass is 10.0. The van der Waals surface area contributed by atoms with E-state index in [0.29, 0.717) is 0 Å². The van der Waals surface area contributed by atoms with Crippen LogP contribution in [-0.4, -0.2) is 43.8 Å². The summed E-state index contributed by atoms with van der Waals surface area (Å²) in [5.74, 6) is -2.62. The van der Waals surface area contributed by atoms with Gasteiger partial charge >= 0.3 is 0 Å². The van der Waals surface area contributed by atoms with Crippen molar-refractivity contribution in [3.05, 3.63) is 131 Å². The summed E-state index contributed by atoms with van der Waals surface area (Å²) < 4.78 is 59.1. The van der Waals surface area contributed by atoms with Crippen molar-refractivity contribution in [2.45, 2.75) is 62.6 Å². The fraction of sp³-hybridized carbons (Fsp3) is 0.278. The summed E-state index contributed by atoms with van der Waals surface area (Å²) >= 11 is 0. The molecule has 1 unspecified atom stereocenters. The second-order valence-electron chi connectivity index (χ2n) is 11.6. The zero-order valence-electron chi connectivity index (χ0n) is 25.6. The maximum Gasteiger partial charge on any atom is 0.264 e. The topological polar surface area (TPSA) is 86.8 Å². The first-order valence-corrected chi connectivity index (χ1v) is 16.8. The van der Waals surface area contributed by atoms with Gasteiger partial charge in [-0.3, -0.25) is 13.9 Å². The Labute approximate surface area is 268 Å². The molecule has 0 heterocycles. The molecule has 46 heavy (non-hydrogen) atoms. The van der Waals surface area contributed by atoms with Crippen molar-refractivity contribution in [3.8, 4) is 0 Å². The molecule has 240 valence electrons. The first-order valence-electron chi connectivity index (χ1n) is 15.3. The predicted molar refractivity (Wildman–Crippen MR) is 173 cm³/mol. The number of amides is 2. The number of halogens is 2. The summed E-state index contributed by atoms with van der Waals surface area (Å²) in [6.07, 6.45) is 3.66. The van der Waals surface area contributed by atoms with Crippen molar-refractivity contribution >= 4 is 27.5 Å². The molecular formula is C36H37F2N3O4S. The largest absolute Gasteiger partial charge is 0.352 e. The Kier molecular flexibility index (Phi) is 10.5. The van der Waals surface area contributed by atoms with Crippen LogP contribution in [0.4, 0.5) is 14.5 Å². The molecule has 4 aromatic rings. The van der Waals surface area contributed by atoms with Crippen LogP contribution in [0.15, 0.2) is 108 Å². The van der Waals surface area contributed by atoms with Gasteiger partial charge < -0.3 is 10.2 Å². The van der Waals surface area contributed by atoms with Gasteiger partial charge in [0.05, 0.1) is 10.6 Å². The number of para-hydroxylation sites is 1. The fourth-order valence-corrected chi connectivity index (χ4v) is 7.16. The molecule has 0 spiro atoms. The highest BCUT2D eigenvalue weighted by Gasteiger charge is 2.36. The van der Waals surface area contributed by atoms with Gasteiger partial charge in [0.25, 0.3) is 10.0 Å². The van der Waals surface area contributed by atoms with E-state index in [2.05, 4.69) is 5.32 Å². The molecule has 1 fully saturated rings. The van der Waals surface area contributed by atoms with E-state index in [1.165, 1.54) is 53.4 Å². The molecule has 10 heteroatoms. The minimum Gasteiger partial charge on any atom is -0.352 e. The van der Waals surface area contributed by atoms with Crippen molar-refractivity contribution < 1.29 is 26.8 Å². The Morgan fingerprint density at radius 2 is 1.43 bits per heavy atom. The maximum atomic E-state index is 15.3. The summed E-state index contributed by atoms with van der Waals surface area (Å²) in [6, 6.07) is 25.2. The summed E-state index contributed by atoms with van der Waals surface area (Å²) in [5, 5.41) is 3.07. The fourth-order valence-electron chi connectivity index (χ4n) is 5.74. The Balaban J connectivity index is 1.58. The van der Waals surface area contributed by atoms with Crippen LogP contribution >= 0.6 is 0 Å². The van der Waals surface area contributed by atoms with Gasteiger partial charge in [0.2, 0.25) is 11.8 Å². The molecule has 1 aliphatic carbocycles. The minimum atomic E-state index is -4.46. The molecule has 1 N–H and O–H groups in total. The van der Waals surface area contributed by atoms with E-state index < -0.39 is 46.1 Å². The average molecular weight is 646 g/mol. The predicted octanol–water partition coefficient (Wildman–Crippen LogP) is 6.17. The number of nitrogens with one attached hydrogen (secondary N) is 1. The van der Waals surface area contributed by atoms with Crippen LogP contribution in [0, 0.1) is 18.6 Å². The number of benzene rings is 4. The van der Waals surface area contributed by atoms with Crippen molar-refractivity contribution in [1.29, 1.82) is 0 Å². The van der Waals surface area contributed by atoms with Gasteiger partial charge in [-0.15, -0.1) is 0 Å². The molecule has 0 aliphatic heterocycles. The smallest absolute Gasteiger partial charge is 0.264 e. The number of aryl methyl sites for hydroxylation is 1. The number of rotatable bonds is 12. The van der Waals surface area contributed by atoms with E-state index in [9.17, 15) is 18.0 Å². The molecule has 0 saturated heterocycles. The summed E-state index contributed by atoms with van der Waals surface area (Å²) in [6.45, 7) is 0.670. The number of carbonyl (C=O) groups excluding carboxylic acids is 2. The normalized spacial score (nSPS) is 14.1. The first kappa shape index (κ1) is 32.8. The van der Waals surface area contributed by atoms with E-state index >= 15 is 8.78 Å². The quantitative estimate of drug-likeness (QED) is 0.200. The summed E-state index contributed by atoms with van der Waals surface area (Å²) in [4.78, 5) is 29.5. The van der Waals surface area contributed by atoms with Crippen LogP contribution in [0.1, 0.15) is 42.4 Å². The van der Waals surface area contributed by atoms with Crippen LogP contribution in [-0.2, 0) is 32.6 Å². The molecule has 2 amide bonds. The Morgan fingerprint density at radius 3 is 2.09 bits per heavy atom. The standard InChI is InChI=1S/C36H37F2N3O4S/c1-26-19-21-30(22-20-26)46(44,45)41(33-18-10-9-17-32(33)38)25-35(42)40(24-28-13-5-8-16-31(28)37)34(23-27-11-3-2-4-12-27)36(43)39-29-14-6-7-15-29/h2-5,8-13,16-22,29,34H,6-7,14-15,23-25H2,1H3,(H,39,43). The summed E-state index contributed by atoms with van der Waals surface area (Å²) in [5.41, 5.74) is 1.41. The monoisotopic (exact) mass is 645 g/mol. The number of nitrogens with zero attached hydrogens (tertiary/aromatic N) is 2. The Bertz CT molecular complexity index is 1760. The molecule has 7 nitrogen and oxygen atoms in total. The second-order valence-corrected chi connectivity index (χ2v) is 13.4. The number of hydrogen-bond donors (Lipinski definition) is 1. The van der Waals surface area contributed by atoms with Gasteiger partial charge in [-0.2, -0.15) is 0 Å². The molecule has 0 radical (unpaired) electrons. The zero-order valence-corrected chi connectivity index (χ0v) is 26.4. The van der Waals surface area contributed by atoms with Crippen LogP contribution in [0.5, 0.6) is 0 Å². The number of anilines is 1. The molecule has 0 bridgehead atoms. The lowest BCUT2D eigenvalue weighted by Crippen LogP contribution is -2.54. The SMILES string of the molecule is Cc1ccc(S(=O)(=O)N(CC(=O)N(Cc2ccccc2F)C(Cc2ccccc2)C(=O)NC2CCCC2)c2ccccc2F)cc1. The van der Waals surface area contributed by atoms with Gasteiger partial charge in [0.1, 0.15) is 24.2 Å². The van der Waals surface area contributed by atoms with Gasteiger partial charge in [-0.1, -0.05) is 91.2 Å². The van der Waals surface area contributed by atoms with E-state index in [1.807, 2.05) is 30.3 Å². The van der Waals surface area contributed by atoms with Crippen molar-refractivity contribution in [1.82, 2.24) is 10.2 Å². The molecule has 5 rings (SSSR count). The maximum absolute atomic E-state index is 15.3. The highest BCUT2D eigenvalue weighted by Crippen LogP contribution is 2.28. The first-order chi connectivity index (χ1) is 22.1. The number of hydrogen-bond acceptors (Lipinski definition) is 4. The highest BCUT2D eigenvalue weighted by molar-refractivity contribution is 7.92. The third-order valence-corrected chi connectivity index (χ3v) is 10.1. The van der Waals surface area contributed by atoms with Crippen molar-refractivity contribution in [2.24, 2.45) is 0 Å². The number of sulfonamides is 1. The van der Waals surface area contributed by atoms with Crippen molar-refractivity contribution in [3.63, 3.8) is 0 Å². The molecule has 4 aromatic carbocycles. The van der Waals surface area contributed by atoms with E-state index in [4.69, 9.17) is 0 Å². The molecule has 1 saturated carbocycles. The van der Waals surface area contributed by atoms with E-state index in [1.54, 1.807) is 25.1 Å². The Morgan fingerprint density at radius 1 is 0.826 bits per heavy atom. The average Bonchev–Trinajstić information content (AvgIpc) is 3.56. The van der Waals surface area contributed by atoms with Crippen molar-refractivity contribution in [2.75, 3.05) is 10.8 Å². The lowest BCUT2D eigenvalue weighted by Gasteiger charge is -2.34. The molecular weight excluding hydrogens is 608 g/mol. The van der Waals surface area contributed by atoms with Gasteiger partial charge in [-0.05, 0) is 55.7 Å². The van der Waals surface area contributed by atoms with Gasteiger partial charge in [0, 0.05) is 24.6 Å². The van der Waals surface area contributed by atoms with Crippen LogP contribution in [0.3, 0.4) is 0 Å². The van der Waals surface area contributed by atoms with Crippen LogP contribution in [0.25, 0.3) is 0 Å². The second kappa shape index (κ2) is 14.7. The zero-order chi connectivity index (χ0) is 32.7. The van der Waals surface area contributed by atoms with Crippen LogP contribution in [0.2, 0.25) is 0 Å². The van der Waals surface area contributed by atoms with Gasteiger partial charge in [-0.25, -0.2) is 17.2 Å².